The molecule has 0 aliphatic carbocycles. The van der Waals surface area contributed by atoms with Crippen LogP contribution in [0, 0.1) is 0 Å². The van der Waals surface area contributed by atoms with Crippen LogP contribution in [0.15, 0.2) is 29.3 Å². The minimum absolute atomic E-state index is 0.116. The van der Waals surface area contributed by atoms with Crippen LogP contribution in [0.2, 0.25) is 0 Å². The number of rotatable bonds is 6. The van der Waals surface area contributed by atoms with E-state index < -0.39 is 6.61 Å². The Kier molecular flexibility index (Phi) is 8.09. The first-order valence-electron chi connectivity index (χ1n) is 9.02. The van der Waals surface area contributed by atoms with E-state index in [1.165, 1.54) is 6.07 Å². The van der Waals surface area contributed by atoms with E-state index in [9.17, 15) is 13.6 Å². The highest BCUT2D eigenvalue weighted by Gasteiger charge is 2.23. The van der Waals surface area contributed by atoms with Gasteiger partial charge >= 0.3 is 12.7 Å². The number of ether oxygens (including phenoxy) is 2. The largest absolute Gasteiger partial charge is 0.450 e. The first kappa shape index (κ1) is 20.7. The Hall–Kier alpha value is -2.58. The van der Waals surface area contributed by atoms with Crippen molar-refractivity contribution in [1.82, 2.24) is 15.1 Å². The fourth-order valence-corrected chi connectivity index (χ4v) is 2.73. The zero-order valence-corrected chi connectivity index (χ0v) is 15.7. The van der Waals surface area contributed by atoms with Crippen molar-refractivity contribution >= 4 is 12.1 Å². The zero-order valence-electron chi connectivity index (χ0n) is 15.7. The molecule has 1 aliphatic rings. The van der Waals surface area contributed by atoms with Crippen molar-refractivity contribution in [3.05, 3.63) is 29.8 Å². The first-order chi connectivity index (χ1) is 13.0. The van der Waals surface area contributed by atoms with E-state index in [1.807, 2.05) is 13.0 Å². The number of carbonyl (C=O) groups is 1. The molecule has 0 unspecified atom stereocenters. The van der Waals surface area contributed by atoms with Crippen molar-refractivity contribution in [1.29, 1.82) is 0 Å². The van der Waals surface area contributed by atoms with Crippen LogP contribution < -0.4 is 10.1 Å². The lowest BCUT2D eigenvalue weighted by Crippen LogP contribution is -2.53. The first-order valence-corrected chi connectivity index (χ1v) is 9.02. The van der Waals surface area contributed by atoms with Crippen LogP contribution in [0.5, 0.6) is 5.75 Å². The molecule has 0 atom stereocenters. The third-order valence-corrected chi connectivity index (χ3v) is 3.98. The number of amides is 1. The third kappa shape index (κ3) is 6.58. The van der Waals surface area contributed by atoms with Crippen LogP contribution in [-0.2, 0) is 11.3 Å². The van der Waals surface area contributed by atoms with Crippen LogP contribution in [-0.4, -0.2) is 67.8 Å². The van der Waals surface area contributed by atoms with Gasteiger partial charge < -0.3 is 24.6 Å². The molecule has 0 bridgehead atoms. The molecule has 1 aromatic rings. The molecule has 9 heteroatoms. The van der Waals surface area contributed by atoms with Crippen LogP contribution in [0.3, 0.4) is 0 Å². The molecule has 7 nitrogen and oxygen atoms in total. The van der Waals surface area contributed by atoms with Gasteiger partial charge in [0.25, 0.3) is 0 Å². The minimum atomic E-state index is -2.85. The van der Waals surface area contributed by atoms with Gasteiger partial charge in [0.2, 0.25) is 0 Å². The Labute approximate surface area is 157 Å². The number of carbonyl (C=O) groups excluding carboxylic acids is 1. The number of hydrogen-bond acceptors (Lipinski definition) is 4. The quantitative estimate of drug-likeness (QED) is 0.603. The predicted octanol–water partition coefficient (Wildman–Crippen LogP) is 2.53. The summed E-state index contributed by atoms with van der Waals surface area (Å²) in [5, 5.41) is 3.23. The van der Waals surface area contributed by atoms with E-state index in [1.54, 1.807) is 24.0 Å². The summed E-state index contributed by atoms with van der Waals surface area (Å²) in [6, 6.07) is 6.51. The van der Waals surface area contributed by atoms with Gasteiger partial charge in [-0.05, 0) is 31.5 Å². The van der Waals surface area contributed by atoms with Crippen LogP contribution >= 0.6 is 0 Å². The van der Waals surface area contributed by atoms with Crippen molar-refractivity contribution in [3.8, 4) is 5.75 Å². The molecule has 0 spiro atoms. The number of piperazine rings is 1. The van der Waals surface area contributed by atoms with E-state index >= 15 is 0 Å². The highest BCUT2D eigenvalue weighted by molar-refractivity contribution is 5.80. The molecule has 0 radical (unpaired) electrons. The molecule has 150 valence electrons. The standard InChI is InChI=1S/C18H26F2N4O3/c1-3-21-17(23-8-10-24(11-9-23)18(25)26-4-2)22-13-14-6-5-7-15(12-14)27-16(19)20/h5-7,12,16H,3-4,8-11,13H2,1-2H3,(H,21,22). The van der Waals surface area contributed by atoms with Crippen molar-refractivity contribution < 1.29 is 23.0 Å². The Morgan fingerprint density at radius 2 is 1.93 bits per heavy atom. The number of guanidine groups is 1. The summed E-state index contributed by atoms with van der Waals surface area (Å²) in [5.74, 6) is 0.840. The monoisotopic (exact) mass is 384 g/mol. The average molecular weight is 384 g/mol. The molecule has 1 fully saturated rings. The number of hydrogen-bond donors (Lipinski definition) is 1. The van der Waals surface area contributed by atoms with E-state index in [0.29, 0.717) is 45.9 Å². The second-order valence-corrected chi connectivity index (χ2v) is 5.87. The average Bonchev–Trinajstić information content (AvgIpc) is 2.65. The maximum atomic E-state index is 12.3. The molecular weight excluding hydrogens is 358 g/mol. The lowest BCUT2D eigenvalue weighted by atomic mass is 10.2. The van der Waals surface area contributed by atoms with Gasteiger partial charge in [-0.3, -0.25) is 0 Å². The second-order valence-electron chi connectivity index (χ2n) is 5.87. The van der Waals surface area contributed by atoms with Gasteiger partial charge in [0.15, 0.2) is 5.96 Å². The number of aliphatic imine (C=N–C) groups is 1. The smallest absolute Gasteiger partial charge is 0.409 e. The Morgan fingerprint density at radius 1 is 1.22 bits per heavy atom. The van der Waals surface area contributed by atoms with E-state index in [4.69, 9.17) is 4.74 Å². The number of benzene rings is 1. The lowest BCUT2D eigenvalue weighted by Gasteiger charge is -2.35. The van der Waals surface area contributed by atoms with Gasteiger partial charge in [-0.2, -0.15) is 8.78 Å². The normalized spacial score (nSPS) is 15.1. The summed E-state index contributed by atoms with van der Waals surface area (Å²) in [4.78, 5) is 20.1. The molecule has 1 aromatic carbocycles. The Morgan fingerprint density at radius 3 is 2.56 bits per heavy atom. The van der Waals surface area contributed by atoms with Gasteiger partial charge in [0.1, 0.15) is 5.75 Å². The molecule has 1 heterocycles. The molecule has 1 N–H and O–H groups in total. The molecule has 1 aliphatic heterocycles. The summed E-state index contributed by atoms with van der Waals surface area (Å²) < 4.78 is 34.1. The number of alkyl halides is 2. The number of halogens is 2. The maximum Gasteiger partial charge on any atom is 0.409 e. The lowest BCUT2D eigenvalue weighted by molar-refractivity contribution is -0.0498. The predicted molar refractivity (Wildman–Crippen MR) is 98.1 cm³/mol. The highest BCUT2D eigenvalue weighted by atomic mass is 19.3. The van der Waals surface area contributed by atoms with Gasteiger partial charge in [-0.15, -0.1) is 0 Å². The van der Waals surface area contributed by atoms with Crippen LogP contribution in [0.25, 0.3) is 0 Å². The molecule has 0 aromatic heterocycles. The molecular formula is C18H26F2N4O3. The maximum absolute atomic E-state index is 12.3. The summed E-state index contributed by atoms with van der Waals surface area (Å²) in [5.41, 5.74) is 0.772. The van der Waals surface area contributed by atoms with Crippen molar-refractivity contribution in [2.45, 2.75) is 27.0 Å². The third-order valence-electron chi connectivity index (χ3n) is 3.98. The molecule has 27 heavy (non-hydrogen) atoms. The highest BCUT2D eigenvalue weighted by Crippen LogP contribution is 2.16. The van der Waals surface area contributed by atoms with Crippen LogP contribution in [0.1, 0.15) is 19.4 Å². The Balaban J connectivity index is 1.98. The van der Waals surface area contributed by atoms with Gasteiger partial charge in [0.05, 0.1) is 13.2 Å². The SMILES string of the molecule is CCNC(=NCc1cccc(OC(F)F)c1)N1CCN(C(=O)OCC)CC1. The van der Waals surface area contributed by atoms with Crippen LogP contribution in [0.4, 0.5) is 13.6 Å². The molecule has 0 saturated carbocycles. The Bertz CT molecular complexity index is 635. The molecule has 1 saturated heterocycles. The van der Waals surface area contributed by atoms with Crippen molar-refractivity contribution in [3.63, 3.8) is 0 Å². The summed E-state index contributed by atoms with van der Waals surface area (Å²) in [6.07, 6.45) is -0.296. The second kappa shape index (κ2) is 10.5. The fraction of sp³-hybridized carbons (Fsp3) is 0.556. The zero-order chi connectivity index (χ0) is 19.6. The summed E-state index contributed by atoms with van der Waals surface area (Å²) in [6.45, 7) is 4.69. The minimum Gasteiger partial charge on any atom is -0.450 e. The topological polar surface area (TPSA) is 66.4 Å². The molecule has 2 rings (SSSR count). The summed E-state index contributed by atoms with van der Waals surface area (Å²) >= 11 is 0. The van der Waals surface area contributed by atoms with E-state index in [-0.39, 0.29) is 11.8 Å². The van der Waals surface area contributed by atoms with E-state index in [0.717, 1.165) is 11.5 Å². The van der Waals surface area contributed by atoms with E-state index in [2.05, 4.69) is 19.9 Å². The summed E-state index contributed by atoms with van der Waals surface area (Å²) in [7, 11) is 0. The van der Waals surface area contributed by atoms with Gasteiger partial charge in [-0.1, -0.05) is 12.1 Å². The molecule has 1 amide bonds. The number of nitrogens with one attached hydrogen (secondary N) is 1. The van der Waals surface area contributed by atoms with Gasteiger partial charge in [0, 0.05) is 32.7 Å². The number of nitrogens with zero attached hydrogens (tertiary/aromatic N) is 3. The van der Waals surface area contributed by atoms with Crippen molar-refractivity contribution in [2.24, 2.45) is 4.99 Å². The van der Waals surface area contributed by atoms with Crippen molar-refractivity contribution in [2.75, 3.05) is 39.3 Å². The van der Waals surface area contributed by atoms with Gasteiger partial charge in [-0.25, -0.2) is 9.79 Å². The fourth-order valence-electron chi connectivity index (χ4n) is 2.73.